The predicted octanol–water partition coefficient (Wildman–Crippen LogP) is 3.03. The third kappa shape index (κ3) is 3.20. The molecule has 1 fully saturated rings. The second-order valence-electron chi connectivity index (χ2n) is 5.61. The molecule has 4 atom stereocenters. The highest BCUT2D eigenvalue weighted by Crippen LogP contribution is 2.43. The summed E-state index contributed by atoms with van der Waals surface area (Å²) in [4.78, 5) is 1.02. The zero-order chi connectivity index (χ0) is 26.3. The molecule has 0 aromatic heterocycles. The van der Waals surface area contributed by atoms with Crippen molar-refractivity contribution in [3.63, 3.8) is 0 Å². The van der Waals surface area contributed by atoms with Gasteiger partial charge in [0.15, 0.2) is 11.5 Å². The number of hydrogen-bond donors (Lipinski definition) is 1. The molecule has 1 N–H and O–H groups in total. The first-order chi connectivity index (χ1) is 15.2. The Balaban J connectivity index is 2.27. The minimum atomic E-state index is -3.45. The van der Waals surface area contributed by atoms with E-state index in [1.165, 1.54) is 20.3 Å². The van der Waals surface area contributed by atoms with Crippen molar-refractivity contribution < 1.29 is 29.7 Å². The third-order valence-electron chi connectivity index (χ3n) is 4.09. The van der Waals surface area contributed by atoms with Crippen LogP contribution in [0.25, 0.3) is 0 Å². The van der Waals surface area contributed by atoms with Crippen LogP contribution in [-0.4, -0.2) is 43.3 Å². The number of fused-ring (bicyclic) bond motifs is 3. The molecular weight excluding hydrogens is 290 g/mol. The maximum absolute atomic E-state index is 11.2. The number of ether oxygens (including phenoxy) is 2. The molecule has 2 aliphatic heterocycles. The fraction of sp³-hybridized carbons (Fsp3) is 0.684. The van der Waals surface area contributed by atoms with Crippen LogP contribution in [0.3, 0.4) is 0 Å². The Morgan fingerprint density at radius 1 is 1.52 bits per heavy atom. The van der Waals surface area contributed by atoms with Crippen molar-refractivity contribution in [1.29, 1.82) is 0 Å². The van der Waals surface area contributed by atoms with E-state index in [2.05, 4.69) is 0 Å². The largest absolute Gasteiger partial charge is 0.493 e. The molecule has 0 aliphatic carbocycles. The molecule has 0 saturated carbocycles. The van der Waals surface area contributed by atoms with Crippen LogP contribution in [0, 0.1) is 11.8 Å². The van der Waals surface area contributed by atoms with E-state index in [1.54, 1.807) is 6.07 Å². The Labute approximate surface area is 154 Å². The van der Waals surface area contributed by atoms with Crippen LogP contribution in [0.1, 0.15) is 58.8 Å². The first-order valence-electron chi connectivity index (χ1n) is 12.9. The lowest BCUT2D eigenvalue weighted by molar-refractivity contribution is -0.0191. The van der Waals surface area contributed by atoms with Gasteiger partial charge in [-0.3, -0.25) is 4.90 Å². The topological polar surface area (TPSA) is 41.9 Å². The zero-order valence-corrected chi connectivity index (χ0v) is 13.4. The van der Waals surface area contributed by atoms with E-state index in [0.29, 0.717) is 11.3 Å². The lowest BCUT2D eigenvalue weighted by atomic mass is 9.79. The first kappa shape index (κ1) is 7.75. The van der Waals surface area contributed by atoms with Crippen LogP contribution in [0.4, 0.5) is 0 Å². The first-order valence-corrected chi connectivity index (χ1v) is 7.45. The van der Waals surface area contributed by atoms with Gasteiger partial charge < -0.3 is 14.6 Å². The molecule has 1 saturated heterocycles. The van der Waals surface area contributed by atoms with Gasteiger partial charge in [0.1, 0.15) is 0 Å². The van der Waals surface area contributed by atoms with Crippen LogP contribution in [-0.2, 0) is 6.42 Å². The fourth-order valence-electron chi connectivity index (χ4n) is 3.01. The molecule has 1 aromatic rings. The van der Waals surface area contributed by atoms with Crippen molar-refractivity contribution in [2.45, 2.75) is 45.1 Å². The highest BCUT2D eigenvalue weighted by Gasteiger charge is 2.38. The van der Waals surface area contributed by atoms with Crippen molar-refractivity contribution in [3.05, 3.63) is 23.3 Å². The van der Waals surface area contributed by atoms with Gasteiger partial charge in [0, 0.05) is 32.8 Å². The standard InChI is InChI=1S/C19H29NO3/c1-12(2)7-14-11-20-6-5-13-8-18(22-3)19(23-4)9-15(13)16(20)10-17(14)21/h8-9,12,14,16-17,21H,5-7,10-11H2,1-4H3/t14-,16-,17+/m0/s1/i1D3,7D2,10D2,11D2,12D,17D/t12?,14-,16-,17+. The summed E-state index contributed by atoms with van der Waals surface area (Å²) >= 11 is 0. The molecule has 2 heterocycles. The van der Waals surface area contributed by atoms with Crippen molar-refractivity contribution in [2.75, 3.05) is 27.3 Å². The van der Waals surface area contributed by atoms with E-state index in [4.69, 9.17) is 24.6 Å². The molecule has 0 radical (unpaired) electrons. The molecule has 0 amide bonds. The van der Waals surface area contributed by atoms with Crippen LogP contribution < -0.4 is 9.47 Å². The molecule has 2 aliphatic rings. The molecule has 128 valence electrons. The summed E-state index contributed by atoms with van der Waals surface area (Å²) in [5, 5.41) is 11.2. The van der Waals surface area contributed by atoms with Crippen molar-refractivity contribution in [2.24, 2.45) is 11.8 Å². The maximum atomic E-state index is 11.2. The number of methoxy groups -OCH3 is 2. The summed E-state index contributed by atoms with van der Waals surface area (Å²) in [7, 11) is 2.80. The summed E-state index contributed by atoms with van der Waals surface area (Å²) < 4.78 is 102. The minimum absolute atomic E-state index is 0.106. The van der Waals surface area contributed by atoms with E-state index in [1.807, 2.05) is 0 Å². The van der Waals surface area contributed by atoms with Gasteiger partial charge in [-0.2, -0.15) is 0 Å². The number of benzene rings is 1. The minimum Gasteiger partial charge on any atom is -0.493 e. The fourth-order valence-corrected chi connectivity index (χ4v) is 3.01. The Morgan fingerprint density at radius 2 is 2.26 bits per heavy atom. The van der Waals surface area contributed by atoms with E-state index >= 15 is 0 Å². The van der Waals surface area contributed by atoms with E-state index in [9.17, 15) is 5.11 Å². The highest BCUT2D eigenvalue weighted by molar-refractivity contribution is 5.49. The second kappa shape index (κ2) is 6.70. The van der Waals surface area contributed by atoms with Crippen LogP contribution in [0.5, 0.6) is 11.5 Å². The Hall–Kier alpha value is -1.26. The van der Waals surface area contributed by atoms with Crippen molar-refractivity contribution in [3.8, 4) is 11.5 Å². The van der Waals surface area contributed by atoms with Gasteiger partial charge >= 0.3 is 0 Å². The average Bonchev–Trinajstić information content (AvgIpc) is 2.68. The molecule has 3 rings (SSSR count). The SMILES string of the molecule is [2H]C1([2H])[C@H](C([2H])([2H])C([2H])(C)C([2H])([2H])[2H])[C@]([2H])(O)C([2H])([2H])[C@H]2c3cc(OC)c(OC)cc3CCN21. The van der Waals surface area contributed by atoms with E-state index < -0.39 is 50.0 Å². The number of piperidine rings is 1. The van der Waals surface area contributed by atoms with Crippen molar-refractivity contribution >= 4 is 0 Å². The van der Waals surface area contributed by atoms with Crippen LogP contribution in [0.15, 0.2) is 12.1 Å². The molecule has 0 spiro atoms. The molecule has 4 nitrogen and oxygen atoms in total. The quantitative estimate of drug-likeness (QED) is 0.921. The van der Waals surface area contributed by atoms with Gasteiger partial charge in [-0.05, 0) is 54.2 Å². The van der Waals surface area contributed by atoms with Gasteiger partial charge in [0.05, 0.1) is 21.7 Å². The molecular formula is C19H29NO3. The Kier molecular flexibility index (Phi) is 2.26. The predicted molar refractivity (Wildman–Crippen MR) is 91.1 cm³/mol. The molecule has 4 heteroatoms. The third-order valence-corrected chi connectivity index (χ3v) is 4.09. The van der Waals surface area contributed by atoms with Gasteiger partial charge in [-0.15, -0.1) is 0 Å². The number of rotatable bonds is 4. The Morgan fingerprint density at radius 3 is 2.96 bits per heavy atom. The summed E-state index contributed by atoms with van der Waals surface area (Å²) in [5.41, 5.74) is 0.829. The summed E-state index contributed by atoms with van der Waals surface area (Å²) in [6.07, 6.45) is -9.55. The second-order valence-corrected chi connectivity index (χ2v) is 5.61. The van der Waals surface area contributed by atoms with Crippen LogP contribution in [0.2, 0.25) is 0 Å². The molecule has 0 bridgehead atoms. The highest BCUT2D eigenvalue weighted by atomic mass is 16.5. The number of hydrogen-bond acceptors (Lipinski definition) is 4. The van der Waals surface area contributed by atoms with E-state index in [0.717, 1.165) is 11.8 Å². The van der Waals surface area contributed by atoms with Gasteiger partial charge in [-0.25, -0.2) is 0 Å². The summed E-state index contributed by atoms with van der Waals surface area (Å²) in [6.45, 7) is -5.50. The molecule has 1 unspecified atom stereocenters. The van der Waals surface area contributed by atoms with Crippen molar-refractivity contribution in [1.82, 2.24) is 4.90 Å². The Bertz CT molecular complexity index is 962. The van der Waals surface area contributed by atoms with Gasteiger partial charge in [0.2, 0.25) is 0 Å². The normalized spacial score (nSPS) is 45.8. The zero-order valence-electron chi connectivity index (χ0n) is 24.4. The smallest absolute Gasteiger partial charge is 0.161 e. The maximum Gasteiger partial charge on any atom is 0.161 e. The number of nitrogens with zero attached hydrogens (tertiary/aromatic N) is 1. The average molecular weight is 331 g/mol. The summed E-state index contributed by atoms with van der Waals surface area (Å²) in [5.74, 6) is -4.90. The summed E-state index contributed by atoms with van der Waals surface area (Å²) in [6, 6.07) is 1.53. The lowest BCUT2D eigenvalue weighted by Gasteiger charge is -2.46. The molecule has 23 heavy (non-hydrogen) atoms. The van der Waals surface area contributed by atoms with E-state index in [-0.39, 0.29) is 24.3 Å². The van der Waals surface area contributed by atoms with Gasteiger partial charge in [-0.1, -0.05) is 13.8 Å². The number of aliphatic hydroxyl groups is 1. The lowest BCUT2D eigenvalue weighted by Crippen LogP contribution is -2.48. The van der Waals surface area contributed by atoms with Crippen LogP contribution >= 0.6 is 0 Å². The monoisotopic (exact) mass is 330 g/mol. The molecule has 1 aromatic carbocycles. The van der Waals surface area contributed by atoms with Gasteiger partial charge in [0.25, 0.3) is 0 Å².